The number of sulfonamides is 1. The van der Waals surface area contributed by atoms with Gasteiger partial charge in [0.25, 0.3) is 5.91 Å². The fourth-order valence-electron chi connectivity index (χ4n) is 2.78. The summed E-state index contributed by atoms with van der Waals surface area (Å²) in [4.78, 5) is 12.3. The van der Waals surface area contributed by atoms with Gasteiger partial charge in [0.2, 0.25) is 10.0 Å². The number of nitrogens with zero attached hydrogens (tertiary/aromatic N) is 2. The van der Waals surface area contributed by atoms with Crippen molar-refractivity contribution in [2.45, 2.75) is 20.0 Å². The fraction of sp³-hybridized carbons (Fsp3) is 0.333. The summed E-state index contributed by atoms with van der Waals surface area (Å²) in [6.07, 6.45) is -2.74. The number of rotatable bonds is 10. The van der Waals surface area contributed by atoms with Crippen LogP contribution in [0.2, 0.25) is 5.02 Å². The Labute approximate surface area is 200 Å². The van der Waals surface area contributed by atoms with Gasteiger partial charge in [-0.25, -0.2) is 13.8 Å². The van der Waals surface area contributed by atoms with Crippen LogP contribution in [0.1, 0.15) is 25.0 Å². The van der Waals surface area contributed by atoms with Gasteiger partial charge in [-0.05, 0) is 55.8 Å². The minimum absolute atomic E-state index is 0.369. The number of amides is 1. The highest BCUT2D eigenvalue weighted by Crippen LogP contribution is 2.37. The van der Waals surface area contributed by atoms with E-state index in [1.54, 1.807) is 18.2 Å². The molecular weight excluding hydrogens is 499 g/mol. The third-order valence-corrected chi connectivity index (χ3v) is 5.67. The van der Waals surface area contributed by atoms with Gasteiger partial charge >= 0.3 is 6.18 Å². The minimum atomic E-state index is -4.80. The van der Waals surface area contributed by atoms with Crippen molar-refractivity contribution in [3.8, 4) is 11.5 Å². The average Bonchev–Trinajstić information content (AvgIpc) is 2.73. The molecule has 1 amide bonds. The van der Waals surface area contributed by atoms with Crippen molar-refractivity contribution in [2.24, 2.45) is 5.10 Å². The first-order valence-electron chi connectivity index (χ1n) is 9.92. The third-order valence-electron chi connectivity index (χ3n) is 4.20. The Hall–Kier alpha value is -2.99. The predicted molar refractivity (Wildman–Crippen MR) is 123 cm³/mol. The third kappa shape index (κ3) is 7.52. The van der Waals surface area contributed by atoms with E-state index >= 15 is 0 Å². The second-order valence-electron chi connectivity index (χ2n) is 6.80. The number of hydrazone groups is 1. The molecule has 0 aliphatic rings. The number of halogens is 4. The molecule has 0 fully saturated rings. The van der Waals surface area contributed by atoms with Gasteiger partial charge in [-0.15, -0.1) is 0 Å². The van der Waals surface area contributed by atoms with E-state index in [1.165, 1.54) is 6.21 Å². The number of hydrogen-bond acceptors (Lipinski definition) is 6. The Morgan fingerprint density at radius 1 is 1.12 bits per heavy atom. The molecule has 0 aliphatic carbocycles. The normalized spacial score (nSPS) is 12.0. The van der Waals surface area contributed by atoms with Crippen LogP contribution >= 0.6 is 11.6 Å². The summed E-state index contributed by atoms with van der Waals surface area (Å²) < 4.78 is 75.3. The summed E-state index contributed by atoms with van der Waals surface area (Å²) in [5.41, 5.74) is 1.12. The lowest BCUT2D eigenvalue weighted by Gasteiger charge is -2.22. The molecule has 0 aromatic heterocycles. The molecule has 34 heavy (non-hydrogen) atoms. The predicted octanol–water partition coefficient (Wildman–Crippen LogP) is 4.07. The van der Waals surface area contributed by atoms with Crippen molar-refractivity contribution >= 4 is 39.4 Å². The van der Waals surface area contributed by atoms with Crippen molar-refractivity contribution in [2.75, 3.05) is 30.3 Å². The van der Waals surface area contributed by atoms with Crippen molar-refractivity contribution in [3.63, 3.8) is 0 Å². The van der Waals surface area contributed by atoms with Crippen LogP contribution in [0, 0.1) is 0 Å². The number of ether oxygens (including phenoxy) is 2. The van der Waals surface area contributed by atoms with E-state index in [2.05, 4.69) is 10.5 Å². The maximum absolute atomic E-state index is 13.2. The number of nitrogens with one attached hydrogen (secondary N) is 1. The first kappa shape index (κ1) is 27.3. The highest BCUT2D eigenvalue weighted by Gasteiger charge is 2.34. The summed E-state index contributed by atoms with van der Waals surface area (Å²) in [5, 5.41) is 3.18. The number of alkyl halides is 3. The smallest absolute Gasteiger partial charge is 0.417 e. The number of benzene rings is 2. The van der Waals surface area contributed by atoms with E-state index in [0.29, 0.717) is 40.6 Å². The second-order valence-corrected chi connectivity index (χ2v) is 9.11. The highest BCUT2D eigenvalue weighted by atomic mass is 35.5. The molecule has 186 valence electrons. The van der Waals surface area contributed by atoms with E-state index in [-0.39, 0.29) is 5.69 Å². The highest BCUT2D eigenvalue weighted by molar-refractivity contribution is 7.92. The van der Waals surface area contributed by atoms with Crippen LogP contribution in [0.5, 0.6) is 11.5 Å². The zero-order valence-electron chi connectivity index (χ0n) is 18.5. The molecule has 2 aromatic carbocycles. The Morgan fingerprint density at radius 2 is 1.76 bits per heavy atom. The van der Waals surface area contributed by atoms with Crippen molar-refractivity contribution in [1.29, 1.82) is 0 Å². The van der Waals surface area contributed by atoms with Gasteiger partial charge in [0.15, 0.2) is 11.5 Å². The lowest BCUT2D eigenvalue weighted by molar-refractivity contribution is -0.137. The average molecular weight is 522 g/mol. The molecule has 13 heteroatoms. The van der Waals surface area contributed by atoms with E-state index in [1.807, 2.05) is 13.8 Å². The van der Waals surface area contributed by atoms with Crippen LogP contribution < -0.4 is 19.2 Å². The molecule has 0 saturated heterocycles. The van der Waals surface area contributed by atoms with Gasteiger partial charge in [-0.2, -0.15) is 18.3 Å². The first-order chi connectivity index (χ1) is 15.9. The Kier molecular flexibility index (Phi) is 9.16. The Bertz CT molecular complexity index is 1160. The molecule has 2 rings (SSSR count). The molecule has 0 unspecified atom stereocenters. The number of carbonyl (C=O) groups is 1. The Balaban J connectivity index is 2.18. The standard InChI is InChI=1S/C21H23ClF3N3O5S/c1-4-32-18-9-6-14(10-19(18)33-5-2)12-26-27-20(29)13-28(34(3,30)31)15-7-8-17(22)16(11-15)21(23,24)25/h6-12H,4-5,13H2,1-3H3,(H,27,29)/b26-12-. The summed E-state index contributed by atoms with van der Waals surface area (Å²) in [7, 11) is -4.11. The van der Waals surface area contributed by atoms with Crippen LogP contribution in [0.3, 0.4) is 0 Å². The SMILES string of the molecule is CCOc1ccc(/C=N\NC(=O)CN(c2ccc(Cl)c(C(F)(F)F)c2)S(C)(=O)=O)cc1OCC. The molecule has 0 aliphatic heterocycles. The van der Waals surface area contributed by atoms with Crippen molar-refractivity contribution in [3.05, 3.63) is 52.5 Å². The molecular formula is C21H23ClF3N3O5S. The largest absolute Gasteiger partial charge is 0.490 e. The minimum Gasteiger partial charge on any atom is -0.490 e. The van der Waals surface area contributed by atoms with Crippen LogP contribution in [0.15, 0.2) is 41.5 Å². The molecule has 2 aromatic rings. The second kappa shape index (κ2) is 11.4. The van der Waals surface area contributed by atoms with E-state index in [9.17, 15) is 26.4 Å². The molecule has 8 nitrogen and oxygen atoms in total. The Morgan fingerprint density at radius 3 is 2.35 bits per heavy atom. The molecule has 0 radical (unpaired) electrons. The lowest BCUT2D eigenvalue weighted by atomic mass is 10.2. The monoisotopic (exact) mass is 521 g/mol. The first-order valence-corrected chi connectivity index (χ1v) is 12.2. The van der Waals surface area contributed by atoms with Gasteiger partial charge in [0.05, 0.1) is 42.0 Å². The summed E-state index contributed by atoms with van der Waals surface area (Å²) in [6, 6.07) is 7.52. The van der Waals surface area contributed by atoms with Gasteiger partial charge in [-0.1, -0.05) is 11.6 Å². The molecule has 0 spiro atoms. The lowest BCUT2D eigenvalue weighted by Crippen LogP contribution is -2.39. The molecule has 0 atom stereocenters. The fourth-order valence-corrected chi connectivity index (χ4v) is 3.85. The molecule has 0 saturated carbocycles. The van der Waals surface area contributed by atoms with Crippen LogP contribution in [0.4, 0.5) is 18.9 Å². The topological polar surface area (TPSA) is 97.3 Å². The van der Waals surface area contributed by atoms with Crippen molar-refractivity contribution < 1.29 is 35.9 Å². The number of anilines is 1. The van der Waals surface area contributed by atoms with Crippen LogP contribution in [-0.2, 0) is 21.0 Å². The van der Waals surface area contributed by atoms with Gasteiger partial charge < -0.3 is 9.47 Å². The molecule has 0 bridgehead atoms. The number of hydrogen-bond donors (Lipinski definition) is 1. The van der Waals surface area contributed by atoms with E-state index in [4.69, 9.17) is 21.1 Å². The van der Waals surface area contributed by atoms with E-state index in [0.717, 1.165) is 18.4 Å². The zero-order valence-corrected chi connectivity index (χ0v) is 20.1. The summed E-state index contributed by atoms with van der Waals surface area (Å²) >= 11 is 5.59. The summed E-state index contributed by atoms with van der Waals surface area (Å²) in [6.45, 7) is 3.68. The van der Waals surface area contributed by atoms with Gasteiger partial charge in [0.1, 0.15) is 6.54 Å². The zero-order chi connectivity index (χ0) is 25.5. The van der Waals surface area contributed by atoms with E-state index < -0.39 is 39.2 Å². The maximum Gasteiger partial charge on any atom is 0.417 e. The van der Waals surface area contributed by atoms with Crippen LogP contribution in [-0.4, -0.2) is 46.6 Å². The molecule has 1 N–H and O–H groups in total. The van der Waals surface area contributed by atoms with Gasteiger partial charge in [0, 0.05) is 0 Å². The quantitative estimate of drug-likeness (QED) is 0.375. The van der Waals surface area contributed by atoms with Gasteiger partial charge in [-0.3, -0.25) is 9.10 Å². The molecule has 0 heterocycles. The van der Waals surface area contributed by atoms with Crippen LogP contribution in [0.25, 0.3) is 0 Å². The maximum atomic E-state index is 13.2. The van der Waals surface area contributed by atoms with Crippen molar-refractivity contribution in [1.82, 2.24) is 5.43 Å². The number of carbonyl (C=O) groups excluding carboxylic acids is 1. The summed E-state index contributed by atoms with van der Waals surface area (Å²) in [5.74, 6) is 0.141.